The maximum atomic E-state index is 11.1. The van der Waals surface area contributed by atoms with Crippen molar-refractivity contribution in [1.29, 1.82) is 0 Å². The summed E-state index contributed by atoms with van der Waals surface area (Å²) in [5.74, 6) is -0.176. The molecular weight excluding hydrogens is 274 g/mol. The Balaban J connectivity index is 2.23. The molecule has 1 aromatic carbocycles. The van der Waals surface area contributed by atoms with Gasteiger partial charge in [-0.05, 0) is 24.6 Å². The maximum absolute atomic E-state index is 11.1. The van der Waals surface area contributed by atoms with Gasteiger partial charge in [-0.25, -0.2) is 4.98 Å². The number of phenolic OH excluding ortho intramolecular Hbond substituents is 1. The van der Waals surface area contributed by atoms with Crippen LogP contribution in [-0.2, 0) is 4.79 Å². The Morgan fingerprint density at radius 2 is 2.25 bits per heavy atom. The third-order valence-electron chi connectivity index (χ3n) is 2.63. The minimum atomic E-state index is -0.221. The Hall–Kier alpha value is -2.08. The highest BCUT2D eigenvalue weighted by Gasteiger charge is 2.08. The van der Waals surface area contributed by atoms with Gasteiger partial charge in [0, 0.05) is 24.4 Å². The van der Waals surface area contributed by atoms with Gasteiger partial charge in [-0.3, -0.25) is 4.79 Å². The van der Waals surface area contributed by atoms with E-state index in [1.165, 1.54) is 18.3 Å². The van der Waals surface area contributed by atoms with Gasteiger partial charge in [-0.15, -0.1) is 11.3 Å². The first-order valence-corrected chi connectivity index (χ1v) is 7.28. The standard InChI is InChI=1S/C14H17N3O2S/c1-3-6-15-14-17-12(8-20-14)10-4-5-13(19)11(7-10)16-9(2)18/h4-5,7-8,19H,3,6H2,1-2H3,(H,15,17)(H,16,18). The van der Waals surface area contributed by atoms with Crippen molar-refractivity contribution in [2.24, 2.45) is 0 Å². The lowest BCUT2D eigenvalue weighted by Gasteiger charge is -2.06. The fourth-order valence-electron chi connectivity index (χ4n) is 1.70. The van der Waals surface area contributed by atoms with E-state index in [2.05, 4.69) is 22.5 Å². The number of hydrogen-bond donors (Lipinski definition) is 3. The van der Waals surface area contributed by atoms with Gasteiger partial charge >= 0.3 is 0 Å². The van der Waals surface area contributed by atoms with Crippen LogP contribution in [0.1, 0.15) is 20.3 Å². The van der Waals surface area contributed by atoms with E-state index in [1.54, 1.807) is 18.2 Å². The van der Waals surface area contributed by atoms with Crippen molar-refractivity contribution in [3.8, 4) is 17.0 Å². The first kappa shape index (κ1) is 14.3. The molecule has 0 unspecified atom stereocenters. The number of rotatable bonds is 5. The molecule has 3 N–H and O–H groups in total. The number of aromatic nitrogens is 1. The second kappa shape index (κ2) is 6.38. The number of aromatic hydroxyl groups is 1. The monoisotopic (exact) mass is 291 g/mol. The van der Waals surface area contributed by atoms with Crippen LogP contribution < -0.4 is 10.6 Å². The molecule has 0 fully saturated rings. The molecule has 0 atom stereocenters. The van der Waals surface area contributed by atoms with Crippen molar-refractivity contribution in [3.05, 3.63) is 23.6 Å². The number of nitrogens with zero attached hydrogens (tertiary/aromatic N) is 1. The average molecular weight is 291 g/mol. The number of hydrogen-bond acceptors (Lipinski definition) is 5. The Kier molecular flexibility index (Phi) is 4.57. The maximum Gasteiger partial charge on any atom is 0.221 e. The zero-order chi connectivity index (χ0) is 14.5. The van der Waals surface area contributed by atoms with Gasteiger partial charge < -0.3 is 15.7 Å². The Bertz CT molecular complexity index is 610. The molecule has 0 aliphatic carbocycles. The van der Waals surface area contributed by atoms with E-state index in [0.29, 0.717) is 5.69 Å². The van der Waals surface area contributed by atoms with E-state index < -0.39 is 0 Å². The molecular formula is C14H17N3O2S. The van der Waals surface area contributed by atoms with E-state index in [-0.39, 0.29) is 11.7 Å². The van der Waals surface area contributed by atoms with Crippen molar-refractivity contribution in [2.45, 2.75) is 20.3 Å². The van der Waals surface area contributed by atoms with Gasteiger partial charge in [-0.1, -0.05) is 6.92 Å². The first-order chi connectivity index (χ1) is 9.60. The molecule has 1 amide bonds. The first-order valence-electron chi connectivity index (χ1n) is 6.40. The van der Waals surface area contributed by atoms with Crippen LogP contribution in [0.5, 0.6) is 5.75 Å². The van der Waals surface area contributed by atoms with Crippen LogP contribution in [0.3, 0.4) is 0 Å². The molecule has 0 bridgehead atoms. The molecule has 0 saturated carbocycles. The summed E-state index contributed by atoms with van der Waals surface area (Å²) in [4.78, 5) is 15.6. The largest absolute Gasteiger partial charge is 0.506 e. The minimum absolute atomic E-state index is 0.0449. The van der Waals surface area contributed by atoms with Crippen LogP contribution in [-0.4, -0.2) is 22.5 Å². The summed E-state index contributed by atoms with van der Waals surface area (Å²) in [5, 5.41) is 18.4. The van der Waals surface area contributed by atoms with Crippen molar-refractivity contribution in [1.82, 2.24) is 4.98 Å². The molecule has 0 aliphatic heterocycles. The molecule has 0 aliphatic rings. The van der Waals surface area contributed by atoms with Gasteiger partial charge in [0.2, 0.25) is 5.91 Å². The van der Waals surface area contributed by atoms with Crippen molar-refractivity contribution in [2.75, 3.05) is 17.2 Å². The van der Waals surface area contributed by atoms with Gasteiger partial charge in [0.1, 0.15) is 5.75 Å². The highest BCUT2D eigenvalue weighted by molar-refractivity contribution is 7.14. The molecule has 0 radical (unpaired) electrons. The van der Waals surface area contributed by atoms with Crippen LogP contribution in [0.25, 0.3) is 11.3 Å². The predicted molar refractivity (Wildman–Crippen MR) is 82.3 cm³/mol. The second-order valence-electron chi connectivity index (χ2n) is 4.38. The van der Waals surface area contributed by atoms with E-state index in [0.717, 1.165) is 29.4 Å². The van der Waals surface area contributed by atoms with Gasteiger partial charge in [0.05, 0.1) is 11.4 Å². The topological polar surface area (TPSA) is 74.2 Å². The number of amides is 1. The van der Waals surface area contributed by atoms with Gasteiger partial charge in [-0.2, -0.15) is 0 Å². The summed E-state index contributed by atoms with van der Waals surface area (Å²) in [6.45, 7) is 4.39. The third-order valence-corrected chi connectivity index (χ3v) is 3.43. The molecule has 2 rings (SSSR count). The molecule has 6 heteroatoms. The van der Waals surface area contributed by atoms with Gasteiger partial charge in [0.25, 0.3) is 0 Å². The quantitative estimate of drug-likeness (QED) is 0.739. The van der Waals surface area contributed by atoms with E-state index in [1.807, 2.05) is 5.38 Å². The fourth-order valence-corrected chi connectivity index (χ4v) is 2.45. The number of carbonyl (C=O) groups is 1. The Morgan fingerprint density at radius 1 is 1.45 bits per heavy atom. The number of carbonyl (C=O) groups excluding carboxylic acids is 1. The summed E-state index contributed by atoms with van der Waals surface area (Å²) in [5.41, 5.74) is 2.07. The lowest BCUT2D eigenvalue weighted by Crippen LogP contribution is -2.05. The summed E-state index contributed by atoms with van der Waals surface area (Å²) in [6.07, 6.45) is 1.04. The minimum Gasteiger partial charge on any atom is -0.506 e. The smallest absolute Gasteiger partial charge is 0.221 e. The summed E-state index contributed by atoms with van der Waals surface area (Å²) in [7, 11) is 0. The van der Waals surface area contributed by atoms with Crippen molar-refractivity contribution in [3.63, 3.8) is 0 Å². The predicted octanol–water partition coefficient (Wildman–Crippen LogP) is 3.30. The molecule has 2 aromatic rings. The zero-order valence-corrected chi connectivity index (χ0v) is 12.3. The van der Waals surface area contributed by atoms with Gasteiger partial charge in [0.15, 0.2) is 5.13 Å². The van der Waals surface area contributed by atoms with Crippen LogP contribution >= 0.6 is 11.3 Å². The van der Waals surface area contributed by atoms with E-state index in [9.17, 15) is 9.90 Å². The summed E-state index contributed by atoms with van der Waals surface area (Å²) >= 11 is 1.54. The molecule has 0 saturated heterocycles. The average Bonchev–Trinajstić information content (AvgIpc) is 2.87. The Morgan fingerprint density at radius 3 is 2.95 bits per heavy atom. The molecule has 0 spiro atoms. The Labute approximate surface area is 121 Å². The highest BCUT2D eigenvalue weighted by Crippen LogP contribution is 2.31. The van der Waals surface area contributed by atoms with Crippen LogP contribution in [0.2, 0.25) is 0 Å². The fraction of sp³-hybridized carbons (Fsp3) is 0.286. The summed E-state index contributed by atoms with van der Waals surface area (Å²) < 4.78 is 0. The number of phenols is 1. The molecule has 20 heavy (non-hydrogen) atoms. The molecule has 1 heterocycles. The lowest BCUT2D eigenvalue weighted by molar-refractivity contribution is -0.114. The molecule has 106 valence electrons. The van der Waals surface area contributed by atoms with Crippen molar-refractivity contribution < 1.29 is 9.90 Å². The zero-order valence-electron chi connectivity index (χ0n) is 11.4. The highest BCUT2D eigenvalue weighted by atomic mass is 32.1. The van der Waals surface area contributed by atoms with E-state index in [4.69, 9.17) is 0 Å². The molecule has 5 nitrogen and oxygen atoms in total. The lowest BCUT2D eigenvalue weighted by atomic mass is 10.1. The number of benzene rings is 1. The van der Waals surface area contributed by atoms with E-state index >= 15 is 0 Å². The second-order valence-corrected chi connectivity index (χ2v) is 5.24. The summed E-state index contributed by atoms with van der Waals surface area (Å²) in [6, 6.07) is 5.05. The van der Waals surface area contributed by atoms with Crippen LogP contribution in [0.15, 0.2) is 23.6 Å². The van der Waals surface area contributed by atoms with Crippen LogP contribution in [0.4, 0.5) is 10.8 Å². The number of nitrogens with one attached hydrogen (secondary N) is 2. The number of thiazole rings is 1. The number of anilines is 2. The van der Waals surface area contributed by atoms with Crippen molar-refractivity contribution >= 4 is 28.1 Å². The molecule has 1 aromatic heterocycles. The third kappa shape index (κ3) is 3.48. The van der Waals surface area contributed by atoms with Crippen LogP contribution in [0, 0.1) is 0 Å². The SMILES string of the molecule is CCCNc1nc(-c2ccc(O)c(NC(C)=O)c2)cs1. The normalized spacial score (nSPS) is 10.3.